The van der Waals surface area contributed by atoms with E-state index in [1.165, 1.54) is 10.5 Å². The molecule has 0 bridgehead atoms. The molecular weight excluding hydrogens is 349 g/mol. The highest BCUT2D eigenvalue weighted by atomic mass is 19.1. The van der Waals surface area contributed by atoms with Gasteiger partial charge in [0.15, 0.2) is 5.82 Å². The summed E-state index contributed by atoms with van der Waals surface area (Å²) < 4.78 is 16.3. The van der Waals surface area contributed by atoms with Gasteiger partial charge in [-0.2, -0.15) is 0 Å². The maximum atomic E-state index is 15.1. The number of nitrogens with two attached hydrogens (primary N) is 1. The molecule has 2 aliphatic carbocycles. The molecule has 1 saturated heterocycles. The summed E-state index contributed by atoms with van der Waals surface area (Å²) >= 11 is 0. The van der Waals surface area contributed by atoms with Crippen LogP contribution in [0.5, 0.6) is 0 Å². The Morgan fingerprint density at radius 2 is 2.11 bits per heavy atom. The first kappa shape index (κ1) is 16.7. The molecule has 3 fully saturated rings. The normalized spacial score (nSPS) is 26.9. The first-order chi connectivity index (χ1) is 12.8. The van der Waals surface area contributed by atoms with Crippen molar-refractivity contribution in [2.24, 2.45) is 11.1 Å². The molecule has 3 N–H and O–H groups in total. The zero-order chi connectivity index (χ0) is 19.1. The predicted octanol–water partition coefficient (Wildman–Crippen LogP) is 2.25. The molecule has 3 heterocycles. The summed E-state index contributed by atoms with van der Waals surface area (Å²) in [5.74, 6) is -1.53. The Balaban J connectivity index is 1.73. The van der Waals surface area contributed by atoms with Crippen LogP contribution in [0.3, 0.4) is 0 Å². The van der Waals surface area contributed by atoms with Gasteiger partial charge in [-0.1, -0.05) is 0 Å². The molecule has 1 aliphatic heterocycles. The Bertz CT molecular complexity index is 1060. The Kier molecular flexibility index (Phi) is 3.30. The van der Waals surface area contributed by atoms with Crippen LogP contribution in [-0.4, -0.2) is 34.6 Å². The number of hydrogen-bond donors (Lipinski definition) is 2. The molecule has 27 heavy (non-hydrogen) atoms. The molecule has 2 aromatic rings. The summed E-state index contributed by atoms with van der Waals surface area (Å²) in [4.78, 5) is 26.2. The van der Waals surface area contributed by atoms with E-state index in [4.69, 9.17) is 5.73 Å². The third-order valence-electron chi connectivity index (χ3n) is 6.64. The van der Waals surface area contributed by atoms with Crippen LogP contribution in [-0.2, 0) is 0 Å². The molecule has 6 nitrogen and oxygen atoms in total. The number of pyridine rings is 2. The van der Waals surface area contributed by atoms with Crippen LogP contribution >= 0.6 is 0 Å². The fourth-order valence-electron chi connectivity index (χ4n) is 4.82. The highest BCUT2D eigenvalue weighted by molar-refractivity contribution is 5.89. The van der Waals surface area contributed by atoms with Crippen LogP contribution in [0.25, 0.3) is 5.52 Å². The van der Waals surface area contributed by atoms with Crippen molar-refractivity contribution in [1.29, 1.82) is 0 Å². The highest BCUT2D eigenvalue weighted by Gasteiger charge is 2.55. The van der Waals surface area contributed by atoms with Crippen molar-refractivity contribution in [3.63, 3.8) is 0 Å². The van der Waals surface area contributed by atoms with Crippen LogP contribution in [0.1, 0.15) is 53.1 Å². The zero-order valence-corrected chi connectivity index (χ0v) is 15.2. The highest BCUT2D eigenvalue weighted by Crippen LogP contribution is 2.53. The van der Waals surface area contributed by atoms with E-state index in [1.54, 1.807) is 0 Å². The molecular formula is C20H22FN3O3. The first-order valence-corrected chi connectivity index (χ1v) is 9.44. The molecule has 1 spiro atoms. The molecule has 7 heteroatoms. The number of aryl methyl sites for hydroxylation is 1. The summed E-state index contributed by atoms with van der Waals surface area (Å²) in [7, 11) is 0. The lowest BCUT2D eigenvalue weighted by atomic mass is 10.0. The largest absolute Gasteiger partial charge is 0.477 e. The molecule has 2 atom stereocenters. The quantitative estimate of drug-likeness (QED) is 0.864. The Morgan fingerprint density at radius 1 is 1.41 bits per heavy atom. The molecule has 0 amide bonds. The maximum Gasteiger partial charge on any atom is 0.341 e. The van der Waals surface area contributed by atoms with Gasteiger partial charge in [0.2, 0.25) is 0 Å². The number of fused-ring (bicyclic) bond motifs is 1. The predicted molar refractivity (Wildman–Crippen MR) is 99.2 cm³/mol. The third kappa shape index (κ3) is 2.34. The van der Waals surface area contributed by atoms with Gasteiger partial charge in [-0.05, 0) is 55.7 Å². The van der Waals surface area contributed by atoms with Crippen molar-refractivity contribution < 1.29 is 14.3 Å². The first-order valence-electron chi connectivity index (χ1n) is 9.44. The van der Waals surface area contributed by atoms with E-state index in [2.05, 4.69) is 0 Å². The van der Waals surface area contributed by atoms with Crippen molar-refractivity contribution in [3.8, 4) is 0 Å². The van der Waals surface area contributed by atoms with Crippen molar-refractivity contribution >= 4 is 17.2 Å². The fraction of sp³-hybridized carbons (Fsp3) is 0.500. The maximum absolute atomic E-state index is 15.1. The lowest BCUT2D eigenvalue weighted by Crippen LogP contribution is -2.28. The fourth-order valence-corrected chi connectivity index (χ4v) is 4.82. The van der Waals surface area contributed by atoms with Crippen LogP contribution in [0, 0.1) is 18.2 Å². The van der Waals surface area contributed by atoms with Gasteiger partial charge in [0.05, 0.1) is 17.4 Å². The number of halogens is 1. The summed E-state index contributed by atoms with van der Waals surface area (Å²) in [5, 5.41) is 9.38. The van der Waals surface area contributed by atoms with E-state index in [1.807, 2.05) is 11.8 Å². The second kappa shape index (κ2) is 5.32. The number of carbonyl (C=O) groups is 1. The van der Waals surface area contributed by atoms with Gasteiger partial charge in [0.1, 0.15) is 5.56 Å². The van der Waals surface area contributed by atoms with E-state index in [9.17, 15) is 14.7 Å². The van der Waals surface area contributed by atoms with Crippen LogP contribution < -0.4 is 16.2 Å². The molecule has 1 unspecified atom stereocenters. The molecule has 2 saturated carbocycles. The van der Waals surface area contributed by atoms with Gasteiger partial charge in [0.25, 0.3) is 5.56 Å². The van der Waals surface area contributed by atoms with Crippen molar-refractivity contribution in [2.75, 3.05) is 18.0 Å². The number of nitrogens with zero attached hydrogens (tertiary/aromatic N) is 2. The third-order valence-corrected chi connectivity index (χ3v) is 6.64. The zero-order valence-electron chi connectivity index (χ0n) is 15.2. The van der Waals surface area contributed by atoms with Crippen molar-refractivity contribution in [1.82, 2.24) is 4.40 Å². The lowest BCUT2D eigenvalue weighted by Gasteiger charge is -2.24. The standard InChI is InChI=1S/C20H22FN3O3/c1-10-16-12(11-2-3-11)6-13(19(26)27)18(25)24(16)8-14(21)17(10)23-5-4-20(9-23)7-15(20)22/h6,8,11,15H,2-5,7,9,22H2,1H3,(H,26,27)/t15-,20?/m0/s1. The number of rotatable bonds is 3. The minimum absolute atomic E-state index is 0.108. The van der Waals surface area contributed by atoms with Gasteiger partial charge in [0, 0.05) is 24.5 Å². The number of aromatic nitrogens is 1. The SMILES string of the molecule is Cc1c(N2CCC3(C[C@@H]3N)C2)c(F)cn2c(=O)c(C(=O)O)cc(C3CC3)c12. The van der Waals surface area contributed by atoms with Crippen LogP contribution in [0.2, 0.25) is 0 Å². The second-order valence-corrected chi connectivity index (χ2v) is 8.41. The molecule has 3 aliphatic rings. The summed E-state index contributed by atoms with van der Waals surface area (Å²) in [6.07, 6.45) is 5.02. The van der Waals surface area contributed by atoms with Gasteiger partial charge in [-0.3, -0.25) is 9.20 Å². The van der Waals surface area contributed by atoms with E-state index >= 15 is 4.39 Å². The second-order valence-electron chi connectivity index (χ2n) is 8.41. The monoisotopic (exact) mass is 371 g/mol. The Hall–Kier alpha value is -2.41. The molecule has 142 valence electrons. The van der Waals surface area contributed by atoms with Gasteiger partial charge in [-0.25, -0.2) is 9.18 Å². The van der Waals surface area contributed by atoms with E-state index in [0.717, 1.165) is 50.5 Å². The summed E-state index contributed by atoms with van der Waals surface area (Å²) in [5.41, 5.74) is 7.93. The molecule has 5 rings (SSSR count). The topological polar surface area (TPSA) is 88.0 Å². The average molecular weight is 371 g/mol. The Morgan fingerprint density at radius 3 is 2.67 bits per heavy atom. The molecule has 0 radical (unpaired) electrons. The van der Waals surface area contributed by atoms with E-state index in [-0.39, 0.29) is 22.9 Å². The van der Waals surface area contributed by atoms with Gasteiger partial charge < -0.3 is 15.7 Å². The van der Waals surface area contributed by atoms with Crippen molar-refractivity contribution in [2.45, 2.75) is 44.6 Å². The minimum atomic E-state index is -1.28. The molecule has 0 aromatic carbocycles. The van der Waals surface area contributed by atoms with Gasteiger partial charge in [-0.15, -0.1) is 0 Å². The Labute approximate surface area is 155 Å². The number of carboxylic acid groups (broad SMARTS) is 1. The van der Waals surface area contributed by atoms with Crippen molar-refractivity contribution in [3.05, 3.63) is 45.1 Å². The number of aromatic carboxylic acids is 1. The molecule has 2 aromatic heterocycles. The number of hydrogen-bond acceptors (Lipinski definition) is 4. The summed E-state index contributed by atoms with van der Waals surface area (Å²) in [6, 6.07) is 1.68. The number of anilines is 1. The van der Waals surface area contributed by atoms with Crippen LogP contribution in [0.15, 0.2) is 17.1 Å². The minimum Gasteiger partial charge on any atom is -0.477 e. The van der Waals surface area contributed by atoms with Crippen LogP contribution in [0.4, 0.5) is 10.1 Å². The smallest absolute Gasteiger partial charge is 0.341 e. The lowest BCUT2D eigenvalue weighted by molar-refractivity contribution is 0.0694. The number of carboxylic acids is 1. The van der Waals surface area contributed by atoms with E-state index in [0.29, 0.717) is 16.8 Å². The van der Waals surface area contributed by atoms with E-state index < -0.39 is 17.3 Å². The summed E-state index contributed by atoms with van der Waals surface area (Å²) in [6.45, 7) is 3.31. The van der Waals surface area contributed by atoms with Gasteiger partial charge >= 0.3 is 5.97 Å². The average Bonchev–Trinajstić information content (AvgIpc) is 3.49.